The van der Waals surface area contributed by atoms with Crippen molar-refractivity contribution in [2.75, 3.05) is 0 Å². The van der Waals surface area contributed by atoms with Gasteiger partial charge in [-0.25, -0.2) is 4.98 Å². The van der Waals surface area contributed by atoms with Crippen LogP contribution >= 0.6 is 0 Å². The quantitative estimate of drug-likeness (QED) is 0.522. The first-order valence-electron chi connectivity index (χ1n) is 2.75. The van der Waals surface area contributed by atoms with E-state index in [0.29, 0.717) is 11.0 Å². The van der Waals surface area contributed by atoms with Crippen LogP contribution in [0, 0.1) is 0 Å². The Morgan fingerprint density at radius 1 is 1.60 bits per heavy atom. The average molecular weight is 138 g/mol. The lowest BCUT2D eigenvalue weighted by molar-refractivity contribution is 1.08. The van der Waals surface area contributed by atoms with Gasteiger partial charge in [0.25, 0.3) is 5.56 Å². The molecule has 0 bridgehead atoms. The fourth-order valence-corrected chi connectivity index (χ4v) is 0.777. The normalized spacial score (nSPS) is 10.4. The number of rotatable bonds is 0. The molecule has 0 aliphatic rings. The van der Waals surface area contributed by atoms with E-state index in [-0.39, 0.29) is 5.56 Å². The summed E-state index contributed by atoms with van der Waals surface area (Å²) in [5.41, 5.74) is 0.350. The van der Waals surface area contributed by atoms with Crippen LogP contribution < -0.4 is 5.56 Å². The van der Waals surface area contributed by atoms with E-state index < -0.39 is 0 Å². The third-order valence-electron chi connectivity index (χ3n) is 1.25. The van der Waals surface area contributed by atoms with Gasteiger partial charge in [0, 0.05) is 0 Å². The van der Waals surface area contributed by atoms with E-state index in [4.69, 9.17) is 0 Å². The summed E-state index contributed by atoms with van der Waals surface area (Å²) in [4.78, 5) is 17.1. The first-order chi connectivity index (χ1) is 4.88. The Kier molecular flexibility index (Phi) is 0.858. The fourth-order valence-electron chi connectivity index (χ4n) is 0.777. The van der Waals surface area contributed by atoms with Crippen LogP contribution in [0.3, 0.4) is 0 Å². The van der Waals surface area contributed by atoms with Gasteiger partial charge in [-0.1, -0.05) is 0 Å². The Hall–Kier alpha value is -1.65. The molecule has 0 aromatic carbocycles. The number of hydrogen-bond donors (Lipinski definition) is 2. The molecule has 0 spiro atoms. The first-order valence-corrected chi connectivity index (χ1v) is 2.75. The maximum atomic E-state index is 10.9. The molecule has 10 heavy (non-hydrogen) atoms. The highest BCUT2D eigenvalue weighted by Crippen LogP contribution is 1.96. The predicted molar refractivity (Wildman–Crippen MR) is 34.5 cm³/mol. The predicted octanol–water partition coefficient (Wildman–Crippen LogP) is -0.354. The monoisotopic (exact) mass is 138 g/mol. The number of aromatic amines is 2. The van der Waals surface area contributed by atoms with Crippen LogP contribution in [0.1, 0.15) is 0 Å². The minimum atomic E-state index is -0.168. The summed E-state index contributed by atoms with van der Waals surface area (Å²) in [6.45, 7) is 0. The summed E-state index contributed by atoms with van der Waals surface area (Å²) in [5.74, 6) is 0. The van der Waals surface area contributed by atoms with Gasteiger partial charge in [0.2, 0.25) is 0 Å². The molecule has 5 heteroatoms. The molecule has 2 aromatic rings. The second-order valence-corrected chi connectivity index (χ2v) is 1.86. The van der Waals surface area contributed by atoms with Gasteiger partial charge in [-0.3, -0.25) is 9.89 Å². The van der Waals surface area contributed by atoms with E-state index in [0.717, 1.165) is 0 Å². The zero-order valence-corrected chi connectivity index (χ0v) is 4.96. The second kappa shape index (κ2) is 1.66. The Labute approximate surface area is 55.1 Å². The van der Waals surface area contributed by atoms with Gasteiger partial charge in [0.1, 0.15) is 5.39 Å². The fraction of sp³-hybridized carbons (Fsp3) is 0. The van der Waals surface area contributed by atoms with Gasteiger partial charge in [0.15, 0.2) is 5.65 Å². The van der Waals surface area contributed by atoms with Crippen molar-refractivity contribution in [1.29, 1.82) is 0 Å². The number of hydrogen-bond acceptors (Lipinski definition) is 3. The van der Waals surface area contributed by atoms with Gasteiger partial charge in [-0.15, -0.1) is 0 Å². The summed E-state index contributed by atoms with van der Waals surface area (Å²) in [5, 5.41) is 6.72. The molecule has 0 saturated heterocycles. The molecule has 2 rings (SSSR count). The maximum Gasteiger partial charge on any atom is 0.261 e. The van der Waals surface area contributed by atoms with Crippen molar-refractivity contribution in [3.63, 3.8) is 0 Å². The second-order valence-electron chi connectivity index (χ2n) is 1.86. The van der Waals surface area contributed by atoms with Crippen molar-refractivity contribution in [3.05, 3.63) is 22.9 Å². The Morgan fingerprint density at radius 3 is 3.30 bits per heavy atom. The topological polar surface area (TPSA) is 74.4 Å². The minimum absolute atomic E-state index is 0.168. The van der Waals surface area contributed by atoms with E-state index in [2.05, 4.69) is 20.2 Å². The van der Waals surface area contributed by atoms with E-state index in [1.807, 2.05) is 0 Å². The van der Waals surface area contributed by atoms with Crippen molar-refractivity contribution in [2.45, 2.75) is 0 Å². The van der Waals surface area contributed by atoms with Crippen LogP contribution in [0.2, 0.25) is 0 Å². The van der Waals surface area contributed by atoms with Gasteiger partial charge >= 0.3 is 0 Å². The molecule has 0 aliphatic carbocycles. The van der Waals surface area contributed by atoms with Crippen molar-refractivity contribution in [1.82, 2.24) is 20.2 Å². The summed E-state index contributed by atoms with van der Waals surface area (Å²) >= 11 is 0. The lowest BCUT2D eigenvalue weighted by atomic mass is 10.5. The van der Waals surface area contributed by atoms with E-state index in [1.54, 1.807) is 0 Å². The van der Waals surface area contributed by atoms with E-state index in [9.17, 15) is 4.79 Å². The number of H-pyrrole nitrogens is 2. The van der Waals surface area contributed by atoms with Crippen LogP contribution in [0.4, 0.5) is 0 Å². The third-order valence-corrected chi connectivity index (χ3v) is 1.25. The molecule has 0 atom stereocenters. The van der Waals surface area contributed by atoms with Gasteiger partial charge in [0.05, 0.1) is 12.5 Å². The molecule has 2 heterocycles. The van der Waals surface area contributed by atoms with Crippen LogP contribution in [0.5, 0.6) is 0 Å². The highest BCUT2D eigenvalue weighted by atomic mass is 16.1. The summed E-state index contributed by atoms with van der Waals surface area (Å²) < 4.78 is 0. The maximum absolute atomic E-state index is 10.9. The highest BCUT2D eigenvalue weighted by molar-refractivity contribution is 5.71. The summed E-state index contributed by atoms with van der Waals surface area (Å²) in [6.07, 6.45) is 2.78. The molecular formula is C5H4N4O. The lowest BCUT2D eigenvalue weighted by Crippen LogP contribution is -2.04. The zero-order chi connectivity index (χ0) is 6.97. The lowest BCUT2D eigenvalue weighted by Gasteiger charge is -1.81. The number of nitrogens with one attached hydrogen (secondary N) is 2. The molecule has 0 aliphatic heterocycles. The van der Waals surface area contributed by atoms with E-state index in [1.165, 1.54) is 12.5 Å². The molecule has 5 nitrogen and oxygen atoms in total. The molecular weight excluding hydrogens is 134 g/mol. The molecule has 2 N–H and O–H groups in total. The number of nitrogens with zero attached hydrogens (tertiary/aromatic N) is 2. The SMILES string of the molecule is O=c1[nH][14cH]nc2[nH]ncc12. The van der Waals surface area contributed by atoms with Crippen molar-refractivity contribution in [2.24, 2.45) is 0 Å². The van der Waals surface area contributed by atoms with Crippen LogP contribution in [-0.4, -0.2) is 20.2 Å². The van der Waals surface area contributed by atoms with Gasteiger partial charge in [-0.05, 0) is 0 Å². The Balaban J connectivity index is 3.09. The molecule has 0 fully saturated rings. The largest absolute Gasteiger partial charge is 0.312 e. The third kappa shape index (κ3) is 0.540. The smallest absolute Gasteiger partial charge is 0.261 e. The Morgan fingerprint density at radius 2 is 2.50 bits per heavy atom. The first kappa shape index (κ1) is 5.16. The zero-order valence-electron chi connectivity index (χ0n) is 4.96. The van der Waals surface area contributed by atoms with Crippen LogP contribution in [-0.2, 0) is 0 Å². The van der Waals surface area contributed by atoms with Crippen molar-refractivity contribution < 1.29 is 0 Å². The highest BCUT2D eigenvalue weighted by Gasteiger charge is 1.97. The van der Waals surface area contributed by atoms with Crippen molar-refractivity contribution in [3.8, 4) is 0 Å². The average Bonchev–Trinajstić information content (AvgIpc) is 2.36. The van der Waals surface area contributed by atoms with Crippen molar-refractivity contribution >= 4 is 11.0 Å². The standard InChI is InChI=1S/C5H4N4O/c10-5-3-1-8-9-4(3)6-2-7-5/h1-2H,(H2,6,7,8,9,10)/i2+2. The van der Waals surface area contributed by atoms with Crippen LogP contribution in [0.15, 0.2) is 17.3 Å². The van der Waals surface area contributed by atoms with Crippen LogP contribution in [0.25, 0.3) is 11.0 Å². The molecule has 0 radical (unpaired) electrons. The molecule has 0 amide bonds. The molecule has 2 aromatic heterocycles. The number of fused-ring (bicyclic) bond motifs is 1. The van der Waals surface area contributed by atoms with Gasteiger partial charge < -0.3 is 4.98 Å². The van der Waals surface area contributed by atoms with E-state index >= 15 is 0 Å². The minimum Gasteiger partial charge on any atom is -0.312 e. The van der Waals surface area contributed by atoms with Gasteiger partial charge in [-0.2, -0.15) is 5.10 Å². The summed E-state index contributed by atoms with van der Waals surface area (Å²) in [7, 11) is 0. The Bertz CT molecular complexity index is 401. The molecule has 0 unspecified atom stereocenters. The molecule has 50 valence electrons. The molecule has 0 saturated carbocycles. The number of aromatic nitrogens is 4. The summed E-state index contributed by atoms with van der Waals surface area (Å²) in [6, 6.07) is 0.